The van der Waals surface area contributed by atoms with E-state index in [1.165, 1.54) is 13.8 Å². The van der Waals surface area contributed by atoms with E-state index in [1.54, 1.807) is 0 Å². The van der Waals surface area contributed by atoms with Crippen molar-refractivity contribution in [3.8, 4) is 0 Å². The van der Waals surface area contributed by atoms with Crippen LogP contribution in [0.3, 0.4) is 0 Å². The van der Waals surface area contributed by atoms with Crippen LogP contribution in [0.1, 0.15) is 66.2 Å². The highest BCUT2D eigenvalue weighted by Crippen LogP contribution is 2.31. The van der Waals surface area contributed by atoms with Gasteiger partial charge in [0.1, 0.15) is 0 Å². The van der Waals surface area contributed by atoms with Gasteiger partial charge in [-0.3, -0.25) is 4.55 Å². The topological polar surface area (TPSA) is 134 Å². The minimum Gasteiger partial charge on any atom is -0.393 e. The number of aliphatic hydroxyl groups excluding tert-OH is 2. The van der Waals surface area contributed by atoms with Gasteiger partial charge in [-0.25, -0.2) is 5.26 Å². The maximum atomic E-state index is 11.2. The average Bonchev–Trinajstić information content (AvgIpc) is 2.46. The van der Waals surface area contributed by atoms with Crippen molar-refractivity contribution in [1.29, 1.82) is 0 Å². The van der Waals surface area contributed by atoms with Gasteiger partial charge in [-0.2, -0.15) is 8.42 Å². The fourth-order valence-electron chi connectivity index (χ4n) is 1.98. The molecule has 2 atom stereocenters. The third kappa shape index (κ3) is 10.1. The van der Waals surface area contributed by atoms with Crippen LogP contribution in [0.4, 0.5) is 0 Å². The van der Waals surface area contributed by atoms with Crippen molar-refractivity contribution < 1.29 is 37.8 Å². The summed E-state index contributed by atoms with van der Waals surface area (Å²) < 4.78 is 34.2. The van der Waals surface area contributed by atoms with Crippen molar-refractivity contribution in [1.82, 2.24) is 0 Å². The van der Waals surface area contributed by atoms with Gasteiger partial charge in [0.05, 0.1) is 17.0 Å². The average molecular weight is 391 g/mol. The standard InChI is InChI=1S/C14H30O8S2/c1-13(2,23-22-21-17)9-7-11(15)5-6-12(16)8-10-14(3,4)24(18,19)20/h11-12,15-17H,5-10H2,1-4H3,(H,18,19,20). The van der Waals surface area contributed by atoms with Gasteiger partial charge in [-0.05, 0) is 66.2 Å². The molecule has 0 aromatic heterocycles. The lowest BCUT2D eigenvalue weighted by molar-refractivity contribution is -0.432. The van der Waals surface area contributed by atoms with Crippen LogP contribution < -0.4 is 0 Å². The van der Waals surface area contributed by atoms with Crippen molar-refractivity contribution in [2.75, 3.05) is 0 Å². The molecule has 8 nitrogen and oxygen atoms in total. The lowest BCUT2D eigenvalue weighted by atomic mass is 9.97. The molecule has 0 amide bonds. The van der Waals surface area contributed by atoms with Crippen LogP contribution in [0.5, 0.6) is 0 Å². The number of hydrogen-bond donors (Lipinski definition) is 4. The number of rotatable bonds is 13. The molecule has 146 valence electrons. The highest BCUT2D eigenvalue weighted by molar-refractivity contribution is 7.95. The van der Waals surface area contributed by atoms with Crippen LogP contribution in [-0.2, 0) is 19.5 Å². The fraction of sp³-hybridized carbons (Fsp3) is 1.00. The van der Waals surface area contributed by atoms with Crippen molar-refractivity contribution in [2.24, 2.45) is 0 Å². The normalized spacial score (nSPS) is 16.2. The molecule has 0 aromatic rings. The molecule has 0 aliphatic carbocycles. The zero-order chi connectivity index (χ0) is 19.0. The molecular formula is C14H30O8S2. The minimum absolute atomic E-state index is 0.130. The van der Waals surface area contributed by atoms with Crippen LogP contribution >= 0.6 is 12.0 Å². The third-order valence-corrected chi connectivity index (χ3v) is 6.37. The highest BCUT2D eigenvalue weighted by atomic mass is 32.2. The molecule has 0 aliphatic rings. The summed E-state index contributed by atoms with van der Waals surface area (Å²) in [7, 11) is -4.16. The Labute approximate surface area is 148 Å². The molecule has 0 rings (SSSR count). The Morgan fingerprint density at radius 1 is 0.958 bits per heavy atom. The van der Waals surface area contributed by atoms with Gasteiger partial charge >= 0.3 is 0 Å². The molecule has 2 unspecified atom stereocenters. The van der Waals surface area contributed by atoms with Crippen LogP contribution in [0.25, 0.3) is 0 Å². The summed E-state index contributed by atoms with van der Waals surface area (Å²) in [6.07, 6.45) is 0.816. The lowest BCUT2D eigenvalue weighted by Crippen LogP contribution is -2.32. The first kappa shape index (κ1) is 24.1. The molecule has 10 heteroatoms. The van der Waals surface area contributed by atoms with E-state index in [0.717, 1.165) is 12.0 Å². The zero-order valence-corrected chi connectivity index (χ0v) is 16.3. The number of hydrogen-bond acceptors (Lipinski definition) is 8. The zero-order valence-electron chi connectivity index (χ0n) is 14.6. The van der Waals surface area contributed by atoms with Gasteiger partial charge in [-0.15, -0.1) is 4.33 Å². The second-order valence-corrected chi connectivity index (χ2v) is 10.6. The van der Waals surface area contributed by atoms with E-state index in [2.05, 4.69) is 9.37 Å². The summed E-state index contributed by atoms with van der Waals surface area (Å²) in [5.41, 5.74) is 0. The van der Waals surface area contributed by atoms with E-state index in [9.17, 15) is 18.6 Å². The molecule has 0 spiro atoms. The van der Waals surface area contributed by atoms with Crippen molar-refractivity contribution >= 4 is 22.2 Å². The summed E-state index contributed by atoms with van der Waals surface area (Å²) in [5, 5.41) is 31.6. The summed E-state index contributed by atoms with van der Waals surface area (Å²) >= 11 is 0.945. The Kier molecular flexibility index (Phi) is 10.3. The van der Waals surface area contributed by atoms with Crippen molar-refractivity contribution in [3.05, 3.63) is 0 Å². The van der Waals surface area contributed by atoms with Crippen LogP contribution in [0, 0.1) is 0 Å². The largest absolute Gasteiger partial charge is 0.393 e. The predicted octanol–water partition coefficient (Wildman–Crippen LogP) is 2.56. The van der Waals surface area contributed by atoms with Gasteiger partial charge in [-0.1, -0.05) is 5.04 Å². The first-order valence-electron chi connectivity index (χ1n) is 7.80. The Bertz CT molecular complexity index is 450. The van der Waals surface area contributed by atoms with Gasteiger partial charge in [0.2, 0.25) is 0 Å². The van der Waals surface area contributed by atoms with E-state index in [0.29, 0.717) is 25.7 Å². The SMILES string of the molecule is CC(C)(CCC(O)CCC(O)CCC(C)(C)S(=O)(=O)O)SOOO. The fourth-order valence-corrected chi connectivity index (χ4v) is 2.77. The molecule has 0 aliphatic heterocycles. The predicted molar refractivity (Wildman–Crippen MR) is 91.8 cm³/mol. The van der Waals surface area contributed by atoms with Crippen molar-refractivity contribution in [2.45, 2.75) is 87.9 Å². The number of aliphatic hydroxyl groups is 2. The Morgan fingerprint density at radius 3 is 1.83 bits per heavy atom. The van der Waals surface area contributed by atoms with E-state index in [-0.39, 0.29) is 17.6 Å². The molecule has 4 N–H and O–H groups in total. The van der Waals surface area contributed by atoms with Gasteiger partial charge in [0.15, 0.2) is 0 Å². The highest BCUT2D eigenvalue weighted by Gasteiger charge is 2.32. The lowest BCUT2D eigenvalue weighted by Gasteiger charge is -2.24. The maximum absolute atomic E-state index is 11.2. The third-order valence-electron chi connectivity index (χ3n) is 3.98. The summed E-state index contributed by atoms with van der Waals surface area (Å²) in [6, 6.07) is 0. The molecule has 0 saturated heterocycles. The molecular weight excluding hydrogens is 360 g/mol. The van der Waals surface area contributed by atoms with E-state index < -0.39 is 27.1 Å². The molecule has 0 heterocycles. The maximum Gasteiger partial charge on any atom is 0.270 e. The Hall–Kier alpha value is 0.0600. The van der Waals surface area contributed by atoms with Crippen LogP contribution in [-0.4, -0.2) is 50.1 Å². The summed E-state index contributed by atoms with van der Waals surface area (Å²) in [5.74, 6) is 0. The van der Waals surface area contributed by atoms with Gasteiger partial charge in [0, 0.05) is 16.8 Å². The van der Waals surface area contributed by atoms with Gasteiger partial charge < -0.3 is 10.2 Å². The van der Waals surface area contributed by atoms with Crippen LogP contribution in [0.15, 0.2) is 0 Å². The molecule has 0 aromatic carbocycles. The quantitative estimate of drug-likeness (QED) is 0.162. The van der Waals surface area contributed by atoms with Crippen molar-refractivity contribution in [3.63, 3.8) is 0 Å². The summed E-state index contributed by atoms with van der Waals surface area (Å²) in [4.78, 5) is 0. The van der Waals surface area contributed by atoms with E-state index >= 15 is 0 Å². The summed E-state index contributed by atoms with van der Waals surface area (Å²) in [6.45, 7) is 6.55. The van der Waals surface area contributed by atoms with E-state index in [1.807, 2.05) is 13.8 Å². The second-order valence-electron chi connectivity index (χ2n) is 7.18. The molecule has 0 bridgehead atoms. The smallest absolute Gasteiger partial charge is 0.270 e. The first-order chi connectivity index (χ1) is 10.8. The molecule has 0 saturated carbocycles. The van der Waals surface area contributed by atoms with Crippen LogP contribution in [0.2, 0.25) is 0 Å². The molecule has 24 heavy (non-hydrogen) atoms. The minimum atomic E-state index is -4.16. The first-order valence-corrected chi connectivity index (χ1v) is 9.98. The molecule has 0 radical (unpaired) electrons. The second kappa shape index (κ2) is 10.3. The Morgan fingerprint density at radius 2 is 1.42 bits per heavy atom. The molecule has 0 fully saturated rings. The van der Waals surface area contributed by atoms with Gasteiger partial charge in [0.25, 0.3) is 10.1 Å². The van der Waals surface area contributed by atoms with E-state index in [4.69, 9.17) is 9.81 Å². The monoisotopic (exact) mass is 390 g/mol. The Balaban J connectivity index is 4.08.